The Hall–Kier alpha value is -1.80. The lowest BCUT2D eigenvalue weighted by atomic mass is 10.0. The van der Waals surface area contributed by atoms with E-state index in [0.717, 1.165) is 14.2 Å². The summed E-state index contributed by atoms with van der Waals surface area (Å²) in [5, 5.41) is 0. The molecule has 0 aliphatic heterocycles. The molecule has 0 atom stereocenters. The fourth-order valence-corrected chi connectivity index (χ4v) is 1.68. The van der Waals surface area contributed by atoms with Crippen molar-refractivity contribution in [2.75, 3.05) is 21.3 Å². The third-order valence-electron chi connectivity index (χ3n) is 2.42. The molecule has 20 heavy (non-hydrogen) atoms. The maximum Gasteiger partial charge on any atom is 0.423 e. The van der Waals surface area contributed by atoms with E-state index in [1.54, 1.807) is 0 Å². The molecule has 0 amide bonds. The molecule has 0 saturated carbocycles. The van der Waals surface area contributed by atoms with Crippen molar-refractivity contribution < 1.29 is 40.6 Å². The van der Waals surface area contributed by atoms with Gasteiger partial charge in [0.05, 0.1) is 21.3 Å². The maximum atomic E-state index is 12.9. The van der Waals surface area contributed by atoms with Crippen molar-refractivity contribution in [3.8, 4) is 17.2 Å². The summed E-state index contributed by atoms with van der Waals surface area (Å²) in [6.45, 7) is 0. The molecule has 1 aromatic rings. The number of hydrogen-bond acceptors (Lipinski definition) is 3. The average molecular weight is 304 g/mol. The van der Waals surface area contributed by atoms with Crippen LogP contribution in [-0.2, 0) is 12.4 Å². The van der Waals surface area contributed by atoms with Crippen LogP contribution in [0.2, 0.25) is 0 Å². The standard InChI is InChI=1S/C11H10F6O3/c1-18-5-4-6(19-2)8(11(15,16)17)9(20-3)7(5)10(12,13)14/h4H,1-3H3. The second-order valence-corrected chi connectivity index (χ2v) is 3.56. The summed E-state index contributed by atoms with van der Waals surface area (Å²) in [6, 6.07) is 0.522. The second-order valence-electron chi connectivity index (χ2n) is 3.56. The van der Waals surface area contributed by atoms with E-state index in [1.807, 2.05) is 0 Å². The van der Waals surface area contributed by atoms with E-state index in [0.29, 0.717) is 13.2 Å². The van der Waals surface area contributed by atoms with Gasteiger partial charge in [-0.2, -0.15) is 26.3 Å². The average Bonchev–Trinajstić information content (AvgIpc) is 2.33. The van der Waals surface area contributed by atoms with E-state index >= 15 is 0 Å². The van der Waals surface area contributed by atoms with Gasteiger partial charge in [-0.15, -0.1) is 0 Å². The van der Waals surface area contributed by atoms with Gasteiger partial charge in [0.1, 0.15) is 22.6 Å². The highest BCUT2D eigenvalue weighted by atomic mass is 19.4. The Labute approximate surface area is 110 Å². The molecule has 0 N–H and O–H groups in total. The zero-order valence-corrected chi connectivity index (χ0v) is 10.6. The van der Waals surface area contributed by atoms with Crippen molar-refractivity contribution in [1.29, 1.82) is 0 Å². The van der Waals surface area contributed by atoms with Crippen LogP contribution in [0.1, 0.15) is 11.1 Å². The molecule has 3 nitrogen and oxygen atoms in total. The number of benzene rings is 1. The normalized spacial score (nSPS) is 12.2. The number of alkyl halides is 6. The fraction of sp³-hybridized carbons (Fsp3) is 0.455. The van der Waals surface area contributed by atoms with Gasteiger partial charge in [-0.25, -0.2) is 0 Å². The van der Waals surface area contributed by atoms with Gasteiger partial charge in [0.15, 0.2) is 5.75 Å². The van der Waals surface area contributed by atoms with E-state index in [9.17, 15) is 26.3 Å². The van der Waals surface area contributed by atoms with Crippen molar-refractivity contribution in [1.82, 2.24) is 0 Å². The molecular formula is C11H10F6O3. The summed E-state index contributed by atoms with van der Waals surface area (Å²) in [6.07, 6.45) is -10.2. The molecule has 0 bridgehead atoms. The van der Waals surface area contributed by atoms with Crippen molar-refractivity contribution in [2.45, 2.75) is 12.4 Å². The van der Waals surface area contributed by atoms with Crippen LogP contribution in [0.25, 0.3) is 0 Å². The van der Waals surface area contributed by atoms with Crippen molar-refractivity contribution in [2.24, 2.45) is 0 Å². The molecule has 0 aromatic heterocycles. The van der Waals surface area contributed by atoms with Crippen LogP contribution in [0.3, 0.4) is 0 Å². The lowest BCUT2D eigenvalue weighted by molar-refractivity contribution is -0.146. The first kappa shape index (κ1) is 16.3. The summed E-state index contributed by atoms with van der Waals surface area (Å²) < 4.78 is 90.8. The summed E-state index contributed by atoms with van der Waals surface area (Å²) in [4.78, 5) is 0. The van der Waals surface area contributed by atoms with Crippen LogP contribution in [-0.4, -0.2) is 21.3 Å². The van der Waals surface area contributed by atoms with Crippen LogP contribution >= 0.6 is 0 Å². The van der Waals surface area contributed by atoms with Crippen LogP contribution in [0.15, 0.2) is 6.07 Å². The highest BCUT2D eigenvalue weighted by Crippen LogP contribution is 2.52. The van der Waals surface area contributed by atoms with E-state index in [1.165, 1.54) is 0 Å². The molecule has 1 aromatic carbocycles. The van der Waals surface area contributed by atoms with E-state index in [2.05, 4.69) is 14.2 Å². The lowest BCUT2D eigenvalue weighted by Crippen LogP contribution is -2.16. The monoisotopic (exact) mass is 304 g/mol. The Morgan fingerprint density at radius 3 is 1.25 bits per heavy atom. The summed E-state index contributed by atoms with van der Waals surface area (Å²) in [5.74, 6) is -3.03. The van der Waals surface area contributed by atoms with Crippen molar-refractivity contribution in [3.05, 3.63) is 17.2 Å². The first-order chi connectivity index (χ1) is 9.07. The van der Waals surface area contributed by atoms with Crippen LogP contribution in [0.5, 0.6) is 17.2 Å². The van der Waals surface area contributed by atoms with E-state index < -0.39 is 40.7 Å². The Kier molecular flexibility index (Phi) is 4.30. The Morgan fingerprint density at radius 2 is 1.05 bits per heavy atom. The molecule has 9 heteroatoms. The predicted octanol–water partition coefficient (Wildman–Crippen LogP) is 3.75. The molecule has 0 saturated heterocycles. The Balaban J connectivity index is 3.85. The zero-order valence-electron chi connectivity index (χ0n) is 10.6. The SMILES string of the molecule is COc1cc(OC)c(C(F)(F)F)c(OC)c1C(F)(F)F. The molecule has 0 spiro atoms. The Bertz CT molecular complexity index is 452. The summed E-state index contributed by atoms with van der Waals surface area (Å²) >= 11 is 0. The predicted molar refractivity (Wildman–Crippen MR) is 56.1 cm³/mol. The maximum absolute atomic E-state index is 12.9. The van der Waals surface area contributed by atoms with Gasteiger partial charge >= 0.3 is 12.4 Å². The summed E-state index contributed by atoms with van der Waals surface area (Å²) in [5.41, 5.74) is -3.29. The quantitative estimate of drug-likeness (QED) is 0.796. The minimum Gasteiger partial charge on any atom is -0.496 e. The van der Waals surface area contributed by atoms with Gasteiger partial charge in [0, 0.05) is 6.07 Å². The van der Waals surface area contributed by atoms with Gasteiger partial charge in [0.25, 0.3) is 0 Å². The van der Waals surface area contributed by atoms with Gasteiger partial charge in [-0.05, 0) is 0 Å². The first-order valence-corrected chi connectivity index (χ1v) is 5.05. The van der Waals surface area contributed by atoms with Gasteiger partial charge in [-0.1, -0.05) is 0 Å². The zero-order chi connectivity index (χ0) is 15.7. The van der Waals surface area contributed by atoms with Gasteiger partial charge < -0.3 is 14.2 Å². The third kappa shape index (κ3) is 2.86. The molecule has 114 valence electrons. The molecule has 0 heterocycles. The van der Waals surface area contributed by atoms with Crippen LogP contribution in [0.4, 0.5) is 26.3 Å². The molecule has 0 aliphatic rings. The minimum absolute atomic E-state index is 0.522. The van der Waals surface area contributed by atoms with Crippen molar-refractivity contribution >= 4 is 0 Å². The fourth-order valence-electron chi connectivity index (χ4n) is 1.68. The highest BCUT2D eigenvalue weighted by Gasteiger charge is 2.47. The van der Waals surface area contributed by atoms with Gasteiger partial charge in [-0.3, -0.25) is 0 Å². The Morgan fingerprint density at radius 1 is 0.700 bits per heavy atom. The molecule has 0 fully saturated rings. The molecule has 0 aliphatic carbocycles. The van der Waals surface area contributed by atoms with E-state index in [4.69, 9.17) is 0 Å². The largest absolute Gasteiger partial charge is 0.496 e. The smallest absolute Gasteiger partial charge is 0.423 e. The van der Waals surface area contributed by atoms with Crippen molar-refractivity contribution in [3.63, 3.8) is 0 Å². The van der Waals surface area contributed by atoms with E-state index in [-0.39, 0.29) is 0 Å². The van der Waals surface area contributed by atoms with Gasteiger partial charge in [0.2, 0.25) is 0 Å². The first-order valence-electron chi connectivity index (χ1n) is 5.05. The number of hydrogen-bond donors (Lipinski definition) is 0. The number of ether oxygens (including phenoxy) is 3. The number of methoxy groups -OCH3 is 3. The number of rotatable bonds is 3. The number of halogens is 6. The topological polar surface area (TPSA) is 27.7 Å². The minimum atomic E-state index is -5.08. The van der Waals surface area contributed by atoms with Crippen LogP contribution in [0, 0.1) is 0 Å². The second kappa shape index (κ2) is 5.29. The third-order valence-corrected chi connectivity index (χ3v) is 2.42. The lowest BCUT2D eigenvalue weighted by Gasteiger charge is -2.22. The van der Waals surface area contributed by atoms with Crippen LogP contribution < -0.4 is 14.2 Å². The summed E-state index contributed by atoms with van der Waals surface area (Å²) in [7, 11) is 2.51. The molecule has 1 rings (SSSR count). The molecule has 0 unspecified atom stereocenters. The molecule has 0 radical (unpaired) electrons. The highest BCUT2D eigenvalue weighted by molar-refractivity contribution is 5.59. The molecular weight excluding hydrogens is 294 g/mol.